The fraction of sp³-hybridized carbons (Fsp3) is 0.556. The number of carbonyl (C=O) groups excluding carboxylic acids is 3. The van der Waals surface area contributed by atoms with Gasteiger partial charge in [-0.3, -0.25) is 14.4 Å². The van der Waals surface area contributed by atoms with Gasteiger partial charge in [-0.25, -0.2) is 0 Å². The molecule has 3 atom stereocenters. The Morgan fingerprint density at radius 1 is 1.13 bits per heavy atom. The Morgan fingerprint density at radius 3 is 2.66 bits per heavy atom. The summed E-state index contributed by atoms with van der Waals surface area (Å²) in [5.74, 6) is -0.239. The molecule has 1 aromatic carbocycles. The molecular formula is C27H35N5O6. The summed E-state index contributed by atoms with van der Waals surface area (Å²) >= 11 is 0. The van der Waals surface area contributed by atoms with Crippen LogP contribution in [0.4, 0.5) is 0 Å². The van der Waals surface area contributed by atoms with Crippen LogP contribution in [-0.4, -0.2) is 74.9 Å². The number of amides is 3. The highest BCUT2D eigenvalue weighted by Gasteiger charge is 2.33. The minimum Gasteiger partial charge on any atom is -0.490 e. The molecule has 3 unspecified atom stereocenters. The number of hydrogen-bond acceptors (Lipinski definition) is 7. The number of methoxy groups -OCH3 is 1. The minimum atomic E-state index is -0.804. The van der Waals surface area contributed by atoms with E-state index in [1.807, 2.05) is 18.2 Å². The number of rotatable bonds is 15. The first-order valence-electron chi connectivity index (χ1n) is 13.1. The van der Waals surface area contributed by atoms with Crippen molar-refractivity contribution in [3.63, 3.8) is 0 Å². The molecule has 2 aliphatic rings. The largest absolute Gasteiger partial charge is 0.490 e. The van der Waals surface area contributed by atoms with Crippen LogP contribution in [0.2, 0.25) is 0 Å². The third kappa shape index (κ3) is 7.46. The number of nitriles is 1. The maximum Gasteiger partial charge on any atom is 0.268 e. The van der Waals surface area contributed by atoms with E-state index < -0.39 is 23.9 Å². The normalized spacial score (nSPS) is 18.4. The quantitative estimate of drug-likeness (QED) is 0.258. The first-order valence-corrected chi connectivity index (χ1v) is 13.1. The van der Waals surface area contributed by atoms with Gasteiger partial charge in [-0.2, -0.15) is 5.26 Å². The second kappa shape index (κ2) is 13.3. The Balaban J connectivity index is 1.38. The highest BCUT2D eigenvalue weighted by molar-refractivity contribution is 6.01. The maximum absolute atomic E-state index is 13.2. The number of nitrogens with zero attached hydrogens (tertiary/aromatic N) is 1. The predicted molar refractivity (Wildman–Crippen MR) is 138 cm³/mol. The van der Waals surface area contributed by atoms with Crippen molar-refractivity contribution in [3.05, 3.63) is 30.0 Å². The van der Waals surface area contributed by atoms with E-state index in [0.29, 0.717) is 63.2 Å². The average molecular weight is 526 g/mol. The molecule has 0 radical (unpaired) electrons. The van der Waals surface area contributed by atoms with Gasteiger partial charge in [0.2, 0.25) is 11.8 Å². The van der Waals surface area contributed by atoms with E-state index in [0.717, 1.165) is 23.7 Å². The van der Waals surface area contributed by atoms with Crippen LogP contribution in [0.15, 0.2) is 24.3 Å². The summed E-state index contributed by atoms with van der Waals surface area (Å²) in [5.41, 5.74) is 1.04. The van der Waals surface area contributed by atoms with Gasteiger partial charge in [-0.05, 0) is 43.4 Å². The van der Waals surface area contributed by atoms with E-state index in [1.165, 1.54) is 0 Å². The lowest BCUT2D eigenvalue weighted by atomic mass is 9.98. The summed E-state index contributed by atoms with van der Waals surface area (Å²) in [4.78, 5) is 41.3. The molecule has 38 heavy (non-hydrogen) atoms. The number of benzene rings is 1. The van der Waals surface area contributed by atoms with Gasteiger partial charge >= 0.3 is 0 Å². The van der Waals surface area contributed by atoms with Crippen LogP contribution in [-0.2, 0) is 19.1 Å². The highest BCUT2D eigenvalue weighted by atomic mass is 16.5. The molecule has 2 aromatic rings. The lowest BCUT2D eigenvalue weighted by Gasteiger charge is -2.21. The topological polar surface area (TPSA) is 155 Å². The summed E-state index contributed by atoms with van der Waals surface area (Å²) in [6.45, 7) is 2.33. The van der Waals surface area contributed by atoms with Gasteiger partial charge in [0.1, 0.15) is 30.1 Å². The summed E-state index contributed by atoms with van der Waals surface area (Å²) in [6, 6.07) is 7.70. The van der Waals surface area contributed by atoms with Crippen molar-refractivity contribution in [3.8, 4) is 11.8 Å². The second-order valence-corrected chi connectivity index (χ2v) is 9.76. The molecule has 2 fully saturated rings. The number of aromatic amines is 1. The molecule has 11 heteroatoms. The molecule has 11 nitrogen and oxygen atoms in total. The molecule has 4 N–H and O–H groups in total. The van der Waals surface area contributed by atoms with Gasteiger partial charge in [0.05, 0.1) is 25.9 Å². The van der Waals surface area contributed by atoms with Crippen LogP contribution in [0.1, 0.15) is 42.6 Å². The highest BCUT2D eigenvalue weighted by Crippen LogP contribution is 2.34. The van der Waals surface area contributed by atoms with Crippen molar-refractivity contribution < 1.29 is 28.6 Å². The van der Waals surface area contributed by atoms with Crippen LogP contribution in [0.5, 0.6) is 5.75 Å². The first-order chi connectivity index (χ1) is 18.5. The van der Waals surface area contributed by atoms with Crippen molar-refractivity contribution in [2.45, 2.75) is 44.2 Å². The van der Waals surface area contributed by atoms with E-state index >= 15 is 0 Å². The molecule has 1 aliphatic heterocycles. The summed E-state index contributed by atoms with van der Waals surface area (Å²) in [5, 5.41) is 18.6. The Bertz CT molecular complexity index is 1170. The molecule has 1 aliphatic carbocycles. The van der Waals surface area contributed by atoms with Gasteiger partial charge in [0, 0.05) is 30.5 Å². The van der Waals surface area contributed by atoms with E-state index in [9.17, 15) is 19.6 Å². The van der Waals surface area contributed by atoms with Gasteiger partial charge < -0.3 is 35.1 Å². The fourth-order valence-corrected chi connectivity index (χ4v) is 4.56. The Hall–Kier alpha value is -3.62. The van der Waals surface area contributed by atoms with Gasteiger partial charge in [-0.1, -0.05) is 18.9 Å². The molecule has 1 saturated carbocycles. The van der Waals surface area contributed by atoms with E-state index in [-0.39, 0.29) is 18.2 Å². The Labute approximate surface area is 221 Å². The van der Waals surface area contributed by atoms with Crippen molar-refractivity contribution in [2.75, 3.05) is 40.1 Å². The van der Waals surface area contributed by atoms with Crippen molar-refractivity contribution in [1.29, 1.82) is 5.26 Å². The number of fused-ring (bicyclic) bond motifs is 1. The average Bonchev–Trinajstić information content (AvgIpc) is 3.47. The first kappa shape index (κ1) is 27.4. The van der Waals surface area contributed by atoms with E-state index in [4.69, 9.17) is 14.2 Å². The molecule has 204 valence electrons. The Kier molecular flexibility index (Phi) is 9.56. The molecule has 0 bridgehead atoms. The zero-order valence-electron chi connectivity index (χ0n) is 21.6. The van der Waals surface area contributed by atoms with Gasteiger partial charge in [-0.15, -0.1) is 0 Å². The molecule has 1 aromatic heterocycles. The molecule has 4 rings (SSSR count). The molecule has 2 heterocycles. The van der Waals surface area contributed by atoms with Crippen molar-refractivity contribution in [2.24, 2.45) is 11.8 Å². The monoisotopic (exact) mass is 525 g/mol. The number of ether oxygens (including phenoxy) is 3. The summed E-state index contributed by atoms with van der Waals surface area (Å²) in [7, 11) is 1.61. The predicted octanol–water partition coefficient (Wildman–Crippen LogP) is 1.64. The van der Waals surface area contributed by atoms with E-state index in [2.05, 4.69) is 27.0 Å². The van der Waals surface area contributed by atoms with Gasteiger partial charge in [0.25, 0.3) is 5.91 Å². The van der Waals surface area contributed by atoms with E-state index in [1.54, 1.807) is 13.2 Å². The SMILES string of the molecule is COCCOCCOc1cccc2[nH]c(C(=O)NC(CC3CC3)C(=O)NC(C#N)CC3CCNC3=O)cc12. The zero-order chi connectivity index (χ0) is 26.9. The molecule has 1 saturated heterocycles. The molecule has 3 amide bonds. The number of aromatic nitrogens is 1. The Morgan fingerprint density at radius 2 is 1.95 bits per heavy atom. The fourth-order valence-electron chi connectivity index (χ4n) is 4.56. The van der Waals surface area contributed by atoms with Gasteiger partial charge in [0.15, 0.2) is 0 Å². The van der Waals surface area contributed by atoms with Crippen LogP contribution in [0.25, 0.3) is 10.9 Å². The lowest BCUT2D eigenvalue weighted by molar-refractivity contribution is -0.125. The smallest absolute Gasteiger partial charge is 0.268 e. The molecule has 0 spiro atoms. The lowest BCUT2D eigenvalue weighted by Crippen LogP contribution is -2.50. The summed E-state index contributed by atoms with van der Waals surface area (Å²) in [6.07, 6.45) is 3.40. The number of carbonyl (C=O) groups is 3. The van der Waals surface area contributed by atoms with Crippen LogP contribution in [0, 0.1) is 23.2 Å². The third-order valence-electron chi connectivity index (χ3n) is 6.83. The number of nitrogens with one attached hydrogen (secondary N) is 4. The van der Waals surface area contributed by atoms with Crippen molar-refractivity contribution in [1.82, 2.24) is 20.9 Å². The van der Waals surface area contributed by atoms with Crippen LogP contribution >= 0.6 is 0 Å². The standard InChI is InChI=1S/C27H35N5O6/c1-36-9-10-37-11-12-38-24-4-2-3-21-20(24)15-23(31-21)27(35)32-22(13-17-5-6-17)26(34)30-19(16-28)14-18-7-8-29-25(18)33/h2-4,15,17-19,22,31H,5-14H2,1H3,(H,29,33)(H,30,34)(H,32,35). The zero-order valence-corrected chi connectivity index (χ0v) is 21.6. The second-order valence-electron chi connectivity index (χ2n) is 9.76. The van der Waals surface area contributed by atoms with Crippen LogP contribution < -0.4 is 20.7 Å². The third-order valence-corrected chi connectivity index (χ3v) is 6.83. The maximum atomic E-state index is 13.2. The minimum absolute atomic E-state index is 0.0943. The number of hydrogen-bond donors (Lipinski definition) is 4. The van der Waals surface area contributed by atoms with Crippen molar-refractivity contribution >= 4 is 28.6 Å². The van der Waals surface area contributed by atoms with Crippen LogP contribution in [0.3, 0.4) is 0 Å². The summed E-state index contributed by atoms with van der Waals surface area (Å²) < 4.78 is 16.2. The molecular weight excluding hydrogens is 490 g/mol. The number of H-pyrrole nitrogens is 1.